The molecule has 0 amide bonds. The first-order valence-electron chi connectivity index (χ1n) is 5.33. The van der Waals surface area contributed by atoms with Crippen molar-refractivity contribution in [3.8, 4) is 0 Å². The summed E-state index contributed by atoms with van der Waals surface area (Å²) in [4.78, 5) is 11.7. The molecule has 3 heteroatoms. The predicted octanol–water partition coefficient (Wildman–Crippen LogP) is 2.37. The molecule has 1 rings (SSSR count). The number of thioether (sulfide) groups is 1. The molecule has 14 heavy (non-hydrogen) atoms. The summed E-state index contributed by atoms with van der Waals surface area (Å²) < 4.78 is 5.20. The van der Waals surface area contributed by atoms with Crippen molar-refractivity contribution in [2.75, 3.05) is 19.0 Å². The largest absolute Gasteiger partial charge is 0.381 e. The van der Waals surface area contributed by atoms with Gasteiger partial charge in [-0.15, -0.1) is 0 Å². The van der Waals surface area contributed by atoms with E-state index < -0.39 is 0 Å². The van der Waals surface area contributed by atoms with E-state index in [2.05, 4.69) is 20.8 Å². The Morgan fingerprint density at radius 3 is 2.71 bits per heavy atom. The molecule has 1 saturated heterocycles. The summed E-state index contributed by atoms with van der Waals surface area (Å²) in [6.07, 6.45) is 0.926. The second-order valence-electron chi connectivity index (χ2n) is 4.29. The molecule has 2 unspecified atom stereocenters. The second kappa shape index (κ2) is 5.76. The van der Waals surface area contributed by atoms with Gasteiger partial charge < -0.3 is 4.74 Å². The van der Waals surface area contributed by atoms with Crippen LogP contribution < -0.4 is 0 Å². The Bertz CT molecular complexity index is 186. The van der Waals surface area contributed by atoms with Gasteiger partial charge in [-0.25, -0.2) is 0 Å². The van der Waals surface area contributed by atoms with Gasteiger partial charge in [-0.05, 0) is 12.3 Å². The van der Waals surface area contributed by atoms with Gasteiger partial charge in [-0.3, -0.25) is 4.79 Å². The first-order chi connectivity index (χ1) is 6.61. The van der Waals surface area contributed by atoms with Crippen molar-refractivity contribution in [3.05, 3.63) is 0 Å². The Morgan fingerprint density at radius 1 is 1.50 bits per heavy atom. The summed E-state index contributed by atoms with van der Waals surface area (Å²) in [5.41, 5.74) is 0. The van der Waals surface area contributed by atoms with E-state index in [4.69, 9.17) is 4.74 Å². The number of carbonyl (C=O) groups is 1. The number of ether oxygens (including phenoxy) is 1. The lowest BCUT2D eigenvalue weighted by atomic mass is 10.1. The fourth-order valence-corrected chi connectivity index (χ4v) is 2.36. The third kappa shape index (κ3) is 3.62. The van der Waals surface area contributed by atoms with Crippen molar-refractivity contribution in [1.29, 1.82) is 0 Å². The minimum atomic E-state index is 0.182. The van der Waals surface area contributed by atoms with Crippen LogP contribution in [-0.4, -0.2) is 30.0 Å². The summed E-state index contributed by atoms with van der Waals surface area (Å²) >= 11 is 1.77. The lowest BCUT2D eigenvalue weighted by Crippen LogP contribution is -2.19. The number of rotatable bonds is 5. The van der Waals surface area contributed by atoms with Gasteiger partial charge in [0.15, 0.2) is 0 Å². The zero-order chi connectivity index (χ0) is 10.6. The molecule has 0 spiro atoms. The topological polar surface area (TPSA) is 26.3 Å². The van der Waals surface area contributed by atoms with Crippen LogP contribution in [-0.2, 0) is 9.53 Å². The van der Waals surface area contributed by atoms with Crippen LogP contribution >= 0.6 is 11.8 Å². The van der Waals surface area contributed by atoms with Crippen molar-refractivity contribution < 1.29 is 9.53 Å². The SMILES string of the molecule is CC(C)C(C)SCC(=O)C1CCOC1. The highest BCUT2D eigenvalue weighted by Gasteiger charge is 2.23. The van der Waals surface area contributed by atoms with Crippen LogP contribution in [0.25, 0.3) is 0 Å². The second-order valence-corrected chi connectivity index (χ2v) is 5.65. The molecule has 0 aliphatic carbocycles. The van der Waals surface area contributed by atoms with Crippen LogP contribution in [0, 0.1) is 11.8 Å². The minimum absolute atomic E-state index is 0.182. The lowest BCUT2D eigenvalue weighted by molar-refractivity contribution is -0.120. The first kappa shape index (κ1) is 12.1. The number of carbonyl (C=O) groups excluding carboxylic acids is 1. The van der Waals surface area contributed by atoms with Gasteiger partial charge in [0, 0.05) is 17.8 Å². The molecule has 1 fully saturated rings. The molecule has 0 aromatic heterocycles. The Kier molecular flexibility index (Phi) is 4.96. The molecule has 0 N–H and O–H groups in total. The molecular formula is C11H20O2S. The highest BCUT2D eigenvalue weighted by Crippen LogP contribution is 2.22. The zero-order valence-electron chi connectivity index (χ0n) is 9.29. The van der Waals surface area contributed by atoms with Crippen molar-refractivity contribution in [3.63, 3.8) is 0 Å². The summed E-state index contributed by atoms with van der Waals surface area (Å²) in [6.45, 7) is 7.99. The van der Waals surface area contributed by atoms with E-state index in [1.165, 1.54) is 0 Å². The molecule has 1 heterocycles. The van der Waals surface area contributed by atoms with Crippen molar-refractivity contribution in [2.24, 2.45) is 11.8 Å². The van der Waals surface area contributed by atoms with E-state index in [0.29, 0.717) is 29.3 Å². The smallest absolute Gasteiger partial charge is 0.148 e. The average molecular weight is 216 g/mol. The molecule has 2 atom stereocenters. The normalized spacial score (nSPS) is 24.1. The highest BCUT2D eigenvalue weighted by molar-refractivity contribution is 8.00. The molecular weight excluding hydrogens is 196 g/mol. The van der Waals surface area contributed by atoms with E-state index in [-0.39, 0.29) is 5.92 Å². The summed E-state index contributed by atoms with van der Waals surface area (Å²) in [6, 6.07) is 0. The Hall–Kier alpha value is -0.0200. The van der Waals surface area contributed by atoms with Crippen LogP contribution in [0.15, 0.2) is 0 Å². The van der Waals surface area contributed by atoms with Gasteiger partial charge in [-0.2, -0.15) is 11.8 Å². The van der Waals surface area contributed by atoms with Crippen LogP contribution in [0.1, 0.15) is 27.2 Å². The van der Waals surface area contributed by atoms with Gasteiger partial charge in [-0.1, -0.05) is 20.8 Å². The van der Waals surface area contributed by atoms with Crippen LogP contribution in [0.5, 0.6) is 0 Å². The summed E-state index contributed by atoms with van der Waals surface area (Å²) in [7, 11) is 0. The van der Waals surface area contributed by atoms with Gasteiger partial charge >= 0.3 is 0 Å². The van der Waals surface area contributed by atoms with Crippen molar-refractivity contribution >= 4 is 17.5 Å². The molecule has 0 saturated carbocycles. The van der Waals surface area contributed by atoms with Crippen LogP contribution in [0.4, 0.5) is 0 Å². The number of hydrogen-bond donors (Lipinski definition) is 0. The fourth-order valence-electron chi connectivity index (χ4n) is 1.31. The molecule has 0 bridgehead atoms. The predicted molar refractivity (Wildman–Crippen MR) is 60.7 cm³/mol. The minimum Gasteiger partial charge on any atom is -0.381 e. The van der Waals surface area contributed by atoms with E-state index in [1.807, 2.05) is 0 Å². The maximum atomic E-state index is 11.7. The van der Waals surface area contributed by atoms with Crippen molar-refractivity contribution in [2.45, 2.75) is 32.4 Å². The summed E-state index contributed by atoms with van der Waals surface area (Å²) in [5.74, 6) is 1.86. The fraction of sp³-hybridized carbons (Fsp3) is 0.909. The lowest BCUT2D eigenvalue weighted by Gasteiger charge is -2.15. The van der Waals surface area contributed by atoms with E-state index in [1.54, 1.807) is 11.8 Å². The van der Waals surface area contributed by atoms with Crippen LogP contribution in [0.3, 0.4) is 0 Å². The van der Waals surface area contributed by atoms with Gasteiger partial charge in [0.1, 0.15) is 5.78 Å². The number of ketones is 1. The van der Waals surface area contributed by atoms with Crippen molar-refractivity contribution in [1.82, 2.24) is 0 Å². The Balaban J connectivity index is 2.20. The van der Waals surface area contributed by atoms with Gasteiger partial charge in [0.25, 0.3) is 0 Å². The molecule has 1 aliphatic heterocycles. The monoisotopic (exact) mass is 216 g/mol. The van der Waals surface area contributed by atoms with Gasteiger partial charge in [0.05, 0.1) is 12.4 Å². The van der Waals surface area contributed by atoms with E-state index >= 15 is 0 Å². The average Bonchev–Trinajstić information content (AvgIpc) is 2.66. The van der Waals surface area contributed by atoms with E-state index in [9.17, 15) is 4.79 Å². The molecule has 2 nitrogen and oxygen atoms in total. The summed E-state index contributed by atoms with van der Waals surface area (Å²) in [5, 5.41) is 0.571. The first-order valence-corrected chi connectivity index (χ1v) is 6.38. The third-order valence-electron chi connectivity index (χ3n) is 2.81. The molecule has 0 aromatic rings. The van der Waals surface area contributed by atoms with E-state index in [0.717, 1.165) is 13.0 Å². The molecule has 0 radical (unpaired) electrons. The van der Waals surface area contributed by atoms with Crippen LogP contribution in [0.2, 0.25) is 0 Å². The zero-order valence-corrected chi connectivity index (χ0v) is 10.1. The molecule has 1 aliphatic rings. The number of hydrogen-bond acceptors (Lipinski definition) is 3. The number of Topliss-reactive ketones (excluding diaryl/α,β-unsaturated/α-hetero) is 1. The highest BCUT2D eigenvalue weighted by atomic mass is 32.2. The van der Waals surface area contributed by atoms with Gasteiger partial charge in [0.2, 0.25) is 0 Å². The maximum Gasteiger partial charge on any atom is 0.148 e. The Morgan fingerprint density at radius 2 is 2.21 bits per heavy atom. The Labute approximate surface area is 90.8 Å². The standard InChI is InChI=1S/C11H20O2S/c1-8(2)9(3)14-7-11(12)10-4-5-13-6-10/h8-10H,4-7H2,1-3H3. The third-order valence-corrected chi connectivity index (χ3v) is 4.33. The maximum absolute atomic E-state index is 11.7. The molecule has 0 aromatic carbocycles. The molecule has 82 valence electrons. The quantitative estimate of drug-likeness (QED) is 0.706.